The fraction of sp³-hybridized carbons (Fsp3) is 0.471. The van der Waals surface area contributed by atoms with Gasteiger partial charge in [-0.05, 0) is 18.9 Å². The van der Waals surface area contributed by atoms with Crippen molar-refractivity contribution in [2.24, 2.45) is 7.05 Å². The SMILES string of the molecule is COc1ccccc1[C@H](C)NCc1cn(C)nc1C(C)C. The number of aromatic nitrogens is 2. The topological polar surface area (TPSA) is 39.1 Å². The first kappa shape index (κ1) is 15.6. The van der Waals surface area contributed by atoms with E-state index < -0.39 is 0 Å². The summed E-state index contributed by atoms with van der Waals surface area (Å²) in [5, 5.41) is 8.11. The lowest BCUT2D eigenvalue weighted by Gasteiger charge is -2.17. The fourth-order valence-corrected chi connectivity index (χ4v) is 2.57. The van der Waals surface area contributed by atoms with Crippen molar-refractivity contribution in [3.05, 3.63) is 47.3 Å². The Morgan fingerprint density at radius 2 is 1.95 bits per heavy atom. The van der Waals surface area contributed by atoms with Crippen LogP contribution in [-0.2, 0) is 13.6 Å². The first-order valence-corrected chi connectivity index (χ1v) is 7.41. The monoisotopic (exact) mass is 287 g/mol. The molecule has 2 rings (SSSR count). The van der Waals surface area contributed by atoms with Crippen molar-refractivity contribution in [2.45, 2.75) is 39.3 Å². The van der Waals surface area contributed by atoms with E-state index in [1.807, 2.05) is 29.9 Å². The van der Waals surface area contributed by atoms with Crippen LogP contribution in [-0.4, -0.2) is 16.9 Å². The van der Waals surface area contributed by atoms with Gasteiger partial charge in [0.15, 0.2) is 0 Å². The number of para-hydroxylation sites is 1. The molecule has 1 aromatic carbocycles. The Bertz CT molecular complexity index is 589. The van der Waals surface area contributed by atoms with Gasteiger partial charge in [-0.15, -0.1) is 0 Å². The van der Waals surface area contributed by atoms with Crippen LogP contribution in [0, 0.1) is 0 Å². The van der Waals surface area contributed by atoms with Gasteiger partial charge in [0.25, 0.3) is 0 Å². The third kappa shape index (κ3) is 3.64. The van der Waals surface area contributed by atoms with Crippen molar-refractivity contribution in [2.75, 3.05) is 7.11 Å². The molecule has 114 valence electrons. The molecule has 0 aliphatic carbocycles. The quantitative estimate of drug-likeness (QED) is 0.885. The van der Waals surface area contributed by atoms with Crippen LogP contribution in [0.3, 0.4) is 0 Å². The summed E-state index contributed by atoms with van der Waals surface area (Å²) in [6.07, 6.45) is 2.09. The van der Waals surface area contributed by atoms with Crippen molar-refractivity contribution < 1.29 is 4.74 Å². The molecule has 4 heteroatoms. The normalized spacial score (nSPS) is 12.7. The Hall–Kier alpha value is -1.81. The Balaban J connectivity index is 2.09. The van der Waals surface area contributed by atoms with E-state index >= 15 is 0 Å². The lowest BCUT2D eigenvalue weighted by Crippen LogP contribution is -2.19. The predicted octanol–water partition coefficient (Wildman–Crippen LogP) is 3.40. The van der Waals surface area contributed by atoms with Gasteiger partial charge < -0.3 is 10.1 Å². The molecule has 1 heterocycles. The van der Waals surface area contributed by atoms with Crippen LogP contribution in [0.25, 0.3) is 0 Å². The van der Waals surface area contributed by atoms with Gasteiger partial charge in [-0.2, -0.15) is 5.10 Å². The van der Waals surface area contributed by atoms with E-state index in [9.17, 15) is 0 Å². The number of rotatable bonds is 6. The Labute approximate surface area is 127 Å². The molecule has 0 aliphatic heterocycles. The highest BCUT2D eigenvalue weighted by Crippen LogP contribution is 2.25. The summed E-state index contributed by atoms with van der Waals surface area (Å²) in [6, 6.07) is 8.36. The second kappa shape index (κ2) is 6.76. The molecular weight excluding hydrogens is 262 g/mol. The minimum Gasteiger partial charge on any atom is -0.496 e. The van der Waals surface area contributed by atoms with Gasteiger partial charge in [-0.25, -0.2) is 0 Å². The van der Waals surface area contributed by atoms with E-state index in [4.69, 9.17) is 4.74 Å². The summed E-state index contributed by atoms with van der Waals surface area (Å²) in [7, 11) is 3.68. The summed E-state index contributed by atoms with van der Waals surface area (Å²) in [4.78, 5) is 0. The lowest BCUT2D eigenvalue weighted by molar-refractivity contribution is 0.401. The van der Waals surface area contributed by atoms with Crippen LogP contribution >= 0.6 is 0 Å². The van der Waals surface area contributed by atoms with Gasteiger partial charge >= 0.3 is 0 Å². The Morgan fingerprint density at radius 1 is 1.24 bits per heavy atom. The fourth-order valence-electron chi connectivity index (χ4n) is 2.57. The van der Waals surface area contributed by atoms with Crippen molar-refractivity contribution >= 4 is 0 Å². The Morgan fingerprint density at radius 3 is 2.62 bits per heavy atom. The molecule has 1 N–H and O–H groups in total. The van der Waals surface area contributed by atoms with E-state index in [1.165, 1.54) is 11.1 Å². The molecule has 2 aromatic rings. The van der Waals surface area contributed by atoms with Gasteiger partial charge in [0.1, 0.15) is 5.75 Å². The van der Waals surface area contributed by atoms with Crippen LogP contribution in [0.15, 0.2) is 30.5 Å². The molecule has 0 aliphatic rings. The summed E-state index contributed by atoms with van der Waals surface area (Å²) in [5.41, 5.74) is 3.60. The molecule has 0 saturated carbocycles. The zero-order chi connectivity index (χ0) is 15.4. The van der Waals surface area contributed by atoms with Gasteiger partial charge in [-0.3, -0.25) is 4.68 Å². The molecule has 0 bridgehead atoms. The molecule has 0 radical (unpaired) electrons. The number of benzene rings is 1. The number of hydrogen-bond acceptors (Lipinski definition) is 3. The second-order valence-electron chi connectivity index (χ2n) is 5.71. The molecule has 0 spiro atoms. The molecule has 0 saturated heterocycles. The smallest absolute Gasteiger partial charge is 0.123 e. The summed E-state index contributed by atoms with van der Waals surface area (Å²) >= 11 is 0. The minimum absolute atomic E-state index is 0.223. The summed E-state index contributed by atoms with van der Waals surface area (Å²) in [5.74, 6) is 1.36. The standard InChI is InChI=1S/C17H25N3O/c1-12(2)17-14(11-20(4)19-17)10-18-13(3)15-8-6-7-9-16(15)21-5/h6-9,11-13,18H,10H2,1-5H3/t13-/m0/s1. The average molecular weight is 287 g/mol. The minimum atomic E-state index is 0.223. The van der Waals surface area contributed by atoms with E-state index in [0.717, 1.165) is 18.0 Å². The van der Waals surface area contributed by atoms with Crippen LogP contribution in [0.4, 0.5) is 0 Å². The Kier molecular flexibility index (Phi) is 5.02. The molecule has 1 aromatic heterocycles. The van der Waals surface area contributed by atoms with Gasteiger partial charge in [0, 0.05) is 37.0 Å². The molecule has 0 fully saturated rings. The van der Waals surface area contributed by atoms with E-state index in [0.29, 0.717) is 5.92 Å². The zero-order valence-electron chi connectivity index (χ0n) is 13.6. The number of methoxy groups -OCH3 is 1. The van der Waals surface area contributed by atoms with Gasteiger partial charge in [0.2, 0.25) is 0 Å². The molecule has 0 unspecified atom stereocenters. The van der Waals surface area contributed by atoms with Crippen molar-refractivity contribution in [3.63, 3.8) is 0 Å². The predicted molar refractivity (Wildman–Crippen MR) is 85.5 cm³/mol. The number of aryl methyl sites for hydroxylation is 1. The van der Waals surface area contributed by atoms with E-state index in [2.05, 4.69) is 43.4 Å². The number of nitrogens with one attached hydrogen (secondary N) is 1. The van der Waals surface area contributed by atoms with Crippen LogP contribution in [0.2, 0.25) is 0 Å². The average Bonchev–Trinajstić information content (AvgIpc) is 2.86. The molecule has 21 heavy (non-hydrogen) atoms. The highest BCUT2D eigenvalue weighted by Gasteiger charge is 2.14. The van der Waals surface area contributed by atoms with E-state index in [1.54, 1.807) is 7.11 Å². The van der Waals surface area contributed by atoms with Crippen molar-refractivity contribution in [1.82, 2.24) is 15.1 Å². The van der Waals surface area contributed by atoms with E-state index in [-0.39, 0.29) is 6.04 Å². The summed E-state index contributed by atoms with van der Waals surface area (Å²) in [6.45, 7) is 7.31. The zero-order valence-corrected chi connectivity index (χ0v) is 13.6. The number of ether oxygens (including phenoxy) is 1. The van der Waals surface area contributed by atoms with Gasteiger partial charge in [0.05, 0.1) is 12.8 Å². The van der Waals surface area contributed by atoms with Crippen LogP contribution < -0.4 is 10.1 Å². The maximum atomic E-state index is 5.43. The maximum absolute atomic E-state index is 5.43. The van der Waals surface area contributed by atoms with Crippen LogP contribution in [0.5, 0.6) is 5.75 Å². The van der Waals surface area contributed by atoms with Crippen molar-refractivity contribution in [1.29, 1.82) is 0 Å². The second-order valence-corrected chi connectivity index (χ2v) is 5.71. The first-order chi connectivity index (χ1) is 10.0. The third-order valence-corrected chi connectivity index (χ3v) is 3.69. The first-order valence-electron chi connectivity index (χ1n) is 7.41. The van der Waals surface area contributed by atoms with Gasteiger partial charge in [-0.1, -0.05) is 32.0 Å². The molecule has 4 nitrogen and oxygen atoms in total. The third-order valence-electron chi connectivity index (χ3n) is 3.69. The molecular formula is C17H25N3O. The lowest BCUT2D eigenvalue weighted by atomic mass is 10.0. The summed E-state index contributed by atoms with van der Waals surface area (Å²) < 4.78 is 7.32. The molecule has 1 atom stereocenters. The largest absolute Gasteiger partial charge is 0.496 e. The highest BCUT2D eigenvalue weighted by atomic mass is 16.5. The highest BCUT2D eigenvalue weighted by molar-refractivity contribution is 5.35. The molecule has 0 amide bonds. The maximum Gasteiger partial charge on any atom is 0.123 e. The number of hydrogen-bond donors (Lipinski definition) is 1. The number of nitrogens with zero attached hydrogens (tertiary/aromatic N) is 2. The van der Waals surface area contributed by atoms with Crippen LogP contribution in [0.1, 0.15) is 49.6 Å². The van der Waals surface area contributed by atoms with Crippen molar-refractivity contribution in [3.8, 4) is 5.75 Å².